The number of nitrogens with zero attached hydrogens (tertiary/aromatic N) is 3. The molecule has 4 rings (SSSR count). The maximum Gasteiger partial charge on any atom is 0.200 e. The minimum atomic E-state index is -0.476. The summed E-state index contributed by atoms with van der Waals surface area (Å²) in [6.07, 6.45) is 3.53. The molecule has 6 nitrogen and oxygen atoms in total. The zero-order chi connectivity index (χ0) is 20.8. The number of alkyl halides is 1. The predicted octanol–water partition coefficient (Wildman–Crippen LogP) is 2.98. The lowest BCUT2D eigenvalue weighted by molar-refractivity contribution is 0.112. The lowest BCUT2D eigenvalue weighted by atomic mass is 10.1. The Labute approximate surface area is 169 Å². The standard InChI is InChI=1S/C17H18FN3O3.C2H6.CH3Cl/c1-19-2-4-20(5-3-19)15-13(18)8-12-14-17(15)24-7-6-21(14)9-11(10-22)16(12)23;2*1-2/h8-10H,2-7H2,1H3;1-2H3;1H3. The van der Waals surface area contributed by atoms with Crippen LogP contribution in [0.25, 0.3) is 10.9 Å². The summed E-state index contributed by atoms with van der Waals surface area (Å²) in [5.41, 5.74) is 0.586. The van der Waals surface area contributed by atoms with E-state index in [1.165, 1.54) is 18.6 Å². The summed E-state index contributed by atoms with van der Waals surface area (Å²) in [4.78, 5) is 27.7. The number of anilines is 1. The molecule has 0 atom stereocenters. The summed E-state index contributed by atoms with van der Waals surface area (Å²) in [7, 11) is 2.03. The van der Waals surface area contributed by atoms with E-state index in [0.29, 0.717) is 49.5 Å². The Morgan fingerprint density at radius 1 is 1.14 bits per heavy atom. The number of piperazine rings is 1. The lowest BCUT2D eigenvalue weighted by Crippen LogP contribution is -2.45. The number of carbonyl (C=O) groups is 1. The van der Waals surface area contributed by atoms with E-state index in [0.717, 1.165) is 13.1 Å². The van der Waals surface area contributed by atoms with Gasteiger partial charge in [0.15, 0.2) is 23.3 Å². The Bertz CT molecular complexity index is 893. The molecule has 0 aliphatic carbocycles. The average molecular weight is 412 g/mol. The summed E-state index contributed by atoms with van der Waals surface area (Å²) in [5, 5.41) is 0.199. The van der Waals surface area contributed by atoms with Gasteiger partial charge in [-0.1, -0.05) is 13.8 Å². The van der Waals surface area contributed by atoms with Crippen LogP contribution in [0.2, 0.25) is 0 Å². The Hall–Kier alpha value is -2.12. The minimum Gasteiger partial charge on any atom is -0.487 e. The van der Waals surface area contributed by atoms with E-state index < -0.39 is 11.2 Å². The first kappa shape index (κ1) is 22.2. The molecule has 1 saturated heterocycles. The van der Waals surface area contributed by atoms with Gasteiger partial charge in [0, 0.05) is 38.8 Å². The third kappa shape index (κ3) is 4.00. The molecule has 8 heteroatoms. The number of pyridine rings is 1. The van der Waals surface area contributed by atoms with Crippen LogP contribution in [-0.4, -0.2) is 62.0 Å². The molecular formula is C20H27ClFN3O3. The fraction of sp³-hybridized carbons (Fsp3) is 0.500. The molecule has 1 aromatic heterocycles. The summed E-state index contributed by atoms with van der Waals surface area (Å²) >= 11 is 4.64. The molecule has 3 heterocycles. The molecule has 0 radical (unpaired) electrons. The molecule has 0 bridgehead atoms. The van der Waals surface area contributed by atoms with Gasteiger partial charge in [-0.15, -0.1) is 11.6 Å². The second-order valence-electron chi connectivity index (χ2n) is 6.30. The number of halogens is 2. The van der Waals surface area contributed by atoms with Crippen molar-refractivity contribution in [3.63, 3.8) is 0 Å². The molecule has 28 heavy (non-hydrogen) atoms. The average Bonchev–Trinajstić information content (AvgIpc) is 2.74. The van der Waals surface area contributed by atoms with E-state index in [1.807, 2.05) is 30.4 Å². The van der Waals surface area contributed by atoms with Crippen molar-refractivity contribution >= 4 is 34.5 Å². The van der Waals surface area contributed by atoms with Crippen molar-refractivity contribution in [1.29, 1.82) is 0 Å². The number of likely N-dealkylation sites (N-methyl/N-ethyl adjacent to an activating group) is 1. The highest BCUT2D eigenvalue weighted by molar-refractivity contribution is 6.15. The van der Waals surface area contributed by atoms with Crippen molar-refractivity contribution in [2.24, 2.45) is 0 Å². The van der Waals surface area contributed by atoms with Gasteiger partial charge in [-0.05, 0) is 13.1 Å². The highest BCUT2D eigenvalue weighted by atomic mass is 35.5. The van der Waals surface area contributed by atoms with Crippen LogP contribution >= 0.6 is 11.6 Å². The third-order valence-corrected chi connectivity index (χ3v) is 4.80. The predicted molar refractivity (Wildman–Crippen MR) is 112 cm³/mol. The van der Waals surface area contributed by atoms with Crippen LogP contribution in [0.5, 0.6) is 5.75 Å². The van der Waals surface area contributed by atoms with Gasteiger partial charge in [-0.25, -0.2) is 4.39 Å². The molecular weight excluding hydrogens is 385 g/mol. The summed E-state index contributed by atoms with van der Waals surface area (Å²) in [6.45, 7) is 7.99. The first-order valence-electron chi connectivity index (χ1n) is 9.39. The van der Waals surface area contributed by atoms with E-state index in [-0.39, 0.29) is 10.9 Å². The van der Waals surface area contributed by atoms with Crippen LogP contribution < -0.4 is 15.1 Å². The molecule has 154 valence electrons. The number of aldehydes is 1. The number of hydrogen-bond donors (Lipinski definition) is 0. The highest BCUT2D eigenvalue weighted by Crippen LogP contribution is 2.40. The molecule has 0 spiro atoms. The van der Waals surface area contributed by atoms with Gasteiger partial charge in [-0.3, -0.25) is 9.59 Å². The molecule has 2 aliphatic rings. The highest BCUT2D eigenvalue weighted by Gasteiger charge is 2.28. The number of benzene rings is 1. The molecule has 1 fully saturated rings. The van der Waals surface area contributed by atoms with Gasteiger partial charge in [0.1, 0.15) is 12.3 Å². The third-order valence-electron chi connectivity index (χ3n) is 4.80. The Kier molecular flexibility index (Phi) is 7.83. The molecule has 2 aliphatic heterocycles. The smallest absolute Gasteiger partial charge is 0.200 e. The van der Waals surface area contributed by atoms with E-state index in [1.54, 1.807) is 0 Å². The van der Waals surface area contributed by atoms with E-state index >= 15 is 0 Å². The van der Waals surface area contributed by atoms with E-state index in [9.17, 15) is 14.0 Å². The van der Waals surface area contributed by atoms with Crippen molar-refractivity contribution < 1.29 is 13.9 Å². The first-order chi connectivity index (χ1) is 13.6. The topological polar surface area (TPSA) is 54.8 Å². The maximum absolute atomic E-state index is 14.8. The first-order valence-corrected chi connectivity index (χ1v) is 10.1. The van der Waals surface area contributed by atoms with Crippen molar-refractivity contribution in [3.8, 4) is 5.75 Å². The van der Waals surface area contributed by atoms with Gasteiger partial charge in [-0.2, -0.15) is 0 Å². The number of hydrogen-bond acceptors (Lipinski definition) is 5. The monoisotopic (exact) mass is 411 g/mol. The van der Waals surface area contributed by atoms with Crippen LogP contribution in [0, 0.1) is 5.82 Å². The summed E-state index contributed by atoms with van der Waals surface area (Å²) in [5.74, 6) is -0.0639. The van der Waals surface area contributed by atoms with Gasteiger partial charge >= 0.3 is 0 Å². The van der Waals surface area contributed by atoms with Gasteiger partial charge in [0.05, 0.1) is 23.0 Å². The Morgan fingerprint density at radius 3 is 2.39 bits per heavy atom. The maximum atomic E-state index is 14.8. The largest absolute Gasteiger partial charge is 0.487 e. The molecule has 0 unspecified atom stereocenters. The molecule has 0 N–H and O–H groups in total. The fourth-order valence-electron chi connectivity index (χ4n) is 3.48. The Morgan fingerprint density at radius 2 is 1.79 bits per heavy atom. The molecule has 0 saturated carbocycles. The normalized spacial score (nSPS) is 15.7. The lowest BCUT2D eigenvalue weighted by Gasteiger charge is -2.36. The quantitative estimate of drug-likeness (QED) is 0.561. The minimum absolute atomic E-state index is 0.0436. The van der Waals surface area contributed by atoms with Crippen molar-refractivity contribution in [1.82, 2.24) is 9.47 Å². The van der Waals surface area contributed by atoms with Crippen molar-refractivity contribution in [2.75, 3.05) is 51.1 Å². The van der Waals surface area contributed by atoms with E-state index in [2.05, 4.69) is 16.5 Å². The van der Waals surface area contributed by atoms with Crippen LogP contribution in [0.4, 0.5) is 10.1 Å². The second kappa shape index (κ2) is 9.89. The summed E-state index contributed by atoms with van der Waals surface area (Å²) in [6, 6.07) is 1.24. The number of carbonyl (C=O) groups excluding carboxylic acids is 1. The number of ether oxygens (including phenoxy) is 1. The molecule has 2 aromatic rings. The van der Waals surface area contributed by atoms with Gasteiger partial charge in [0.25, 0.3) is 0 Å². The fourth-order valence-corrected chi connectivity index (χ4v) is 3.48. The van der Waals surface area contributed by atoms with Gasteiger partial charge < -0.3 is 19.1 Å². The van der Waals surface area contributed by atoms with Crippen LogP contribution in [0.15, 0.2) is 17.1 Å². The zero-order valence-corrected chi connectivity index (χ0v) is 17.6. The zero-order valence-electron chi connectivity index (χ0n) is 16.8. The summed E-state index contributed by atoms with van der Waals surface area (Å²) < 4.78 is 22.4. The SMILES string of the molecule is CC.CCl.CN1CCN(c2c(F)cc3c(=O)c(C=O)cn4c3c2OCC4)CC1. The van der Waals surface area contributed by atoms with Crippen LogP contribution in [0.3, 0.4) is 0 Å². The van der Waals surface area contributed by atoms with Crippen LogP contribution in [0.1, 0.15) is 24.2 Å². The number of rotatable bonds is 2. The second-order valence-corrected chi connectivity index (χ2v) is 6.30. The van der Waals surface area contributed by atoms with Crippen molar-refractivity contribution in [2.45, 2.75) is 20.4 Å². The van der Waals surface area contributed by atoms with E-state index in [4.69, 9.17) is 4.74 Å². The number of aromatic nitrogens is 1. The molecule has 1 aromatic carbocycles. The van der Waals surface area contributed by atoms with Crippen LogP contribution in [-0.2, 0) is 6.54 Å². The Balaban J connectivity index is 0.000000660. The van der Waals surface area contributed by atoms with Crippen molar-refractivity contribution in [3.05, 3.63) is 33.9 Å². The van der Waals surface area contributed by atoms with Gasteiger partial charge in [0.2, 0.25) is 0 Å². The molecule has 0 amide bonds.